The smallest absolute Gasteiger partial charge is 0.348 e. The Balaban J connectivity index is 2.44. The van der Waals surface area contributed by atoms with Gasteiger partial charge in [0.05, 0.1) is 16.5 Å². The first-order chi connectivity index (χ1) is 11.0. The number of rotatable bonds is 5. The number of carbonyl (C=O) groups excluding carboxylic acids is 1. The maximum atomic E-state index is 14.3. The number of nitro benzene ring substituents is 1. The normalized spacial score (nSPS) is 10.2. The van der Waals surface area contributed by atoms with Crippen LogP contribution in [0.4, 0.5) is 10.1 Å². The van der Waals surface area contributed by atoms with Crippen LogP contribution in [0.3, 0.4) is 0 Å². The van der Waals surface area contributed by atoms with E-state index in [1.807, 2.05) is 6.07 Å². The standard InChI is InChI=1S/C15H11BrFNO5/c1-22-15(19)10-7-11(16)14(13(12(10)17)18(20)21)23-8-9-5-3-2-4-6-9/h2-7H,8H2,1H3. The van der Waals surface area contributed by atoms with Gasteiger partial charge in [-0.15, -0.1) is 0 Å². The van der Waals surface area contributed by atoms with Crippen molar-refractivity contribution in [3.63, 3.8) is 0 Å². The molecule has 2 aromatic carbocycles. The highest BCUT2D eigenvalue weighted by atomic mass is 79.9. The maximum Gasteiger partial charge on any atom is 0.348 e. The Bertz CT molecular complexity index is 751. The number of hydrogen-bond donors (Lipinski definition) is 0. The van der Waals surface area contributed by atoms with E-state index in [0.29, 0.717) is 0 Å². The van der Waals surface area contributed by atoms with E-state index in [4.69, 9.17) is 4.74 Å². The first-order valence-corrected chi connectivity index (χ1v) is 7.16. The fourth-order valence-corrected chi connectivity index (χ4v) is 2.42. The SMILES string of the molecule is COC(=O)c1cc(Br)c(OCc2ccccc2)c([N+](=O)[O-])c1F. The topological polar surface area (TPSA) is 78.7 Å². The van der Waals surface area contributed by atoms with Crippen LogP contribution in [-0.2, 0) is 11.3 Å². The molecule has 0 radical (unpaired) electrons. The molecule has 0 aliphatic heterocycles. The number of carbonyl (C=O) groups is 1. The zero-order valence-corrected chi connectivity index (χ0v) is 13.5. The molecule has 0 aromatic heterocycles. The molecule has 0 N–H and O–H groups in total. The summed E-state index contributed by atoms with van der Waals surface area (Å²) in [5.41, 5.74) is -0.708. The Morgan fingerprint density at radius 1 is 1.35 bits per heavy atom. The number of nitrogens with zero attached hydrogens (tertiary/aromatic N) is 1. The maximum absolute atomic E-state index is 14.3. The fraction of sp³-hybridized carbons (Fsp3) is 0.133. The second-order valence-corrected chi connectivity index (χ2v) is 5.27. The van der Waals surface area contributed by atoms with E-state index in [1.165, 1.54) is 0 Å². The van der Waals surface area contributed by atoms with Crippen LogP contribution in [0.1, 0.15) is 15.9 Å². The molecule has 0 atom stereocenters. The number of benzene rings is 2. The van der Waals surface area contributed by atoms with Gasteiger partial charge >= 0.3 is 11.7 Å². The van der Waals surface area contributed by atoms with Crippen LogP contribution in [0.5, 0.6) is 5.75 Å². The highest BCUT2D eigenvalue weighted by Crippen LogP contribution is 2.39. The Labute approximate surface area is 139 Å². The van der Waals surface area contributed by atoms with E-state index in [1.54, 1.807) is 24.3 Å². The molecule has 6 nitrogen and oxygen atoms in total. The predicted molar refractivity (Wildman–Crippen MR) is 82.9 cm³/mol. The molecule has 0 amide bonds. The highest BCUT2D eigenvalue weighted by molar-refractivity contribution is 9.10. The zero-order chi connectivity index (χ0) is 17.0. The van der Waals surface area contributed by atoms with Crippen LogP contribution in [-0.4, -0.2) is 18.0 Å². The number of methoxy groups -OCH3 is 1. The van der Waals surface area contributed by atoms with E-state index in [9.17, 15) is 19.3 Å². The molecule has 2 aromatic rings. The van der Waals surface area contributed by atoms with Crippen molar-refractivity contribution in [2.45, 2.75) is 6.61 Å². The van der Waals surface area contributed by atoms with Crippen molar-refractivity contribution in [3.05, 3.63) is 67.9 Å². The molecule has 0 heterocycles. The van der Waals surface area contributed by atoms with Crippen molar-refractivity contribution in [2.24, 2.45) is 0 Å². The molecule has 0 fully saturated rings. The van der Waals surface area contributed by atoms with Crippen LogP contribution >= 0.6 is 15.9 Å². The lowest BCUT2D eigenvalue weighted by Crippen LogP contribution is -2.09. The molecule has 0 spiro atoms. The zero-order valence-electron chi connectivity index (χ0n) is 11.9. The van der Waals surface area contributed by atoms with E-state index in [-0.39, 0.29) is 16.8 Å². The highest BCUT2D eigenvalue weighted by Gasteiger charge is 2.31. The lowest BCUT2D eigenvalue weighted by atomic mass is 10.1. The summed E-state index contributed by atoms with van der Waals surface area (Å²) in [5, 5.41) is 11.2. The van der Waals surface area contributed by atoms with E-state index in [0.717, 1.165) is 18.7 Å². The van der Waals surface area contributed by atoms with Crippen molar-refractivity contribution in [2.75, 3.05) is 7.11 Å². The largest absolute Gasteiger partial charge is 0.481 e. The first kappa shape index (κ1) is 16.9. The number of esters is 1. The lowest BCUT2D eigenvalue weighted by molar-refractivity contribution is -0.388. The van der Waals surface area contributed by atoms with Gasteiger partial charge in [0.1, 0.15) is 12.2 Å². The molecule has 23 heavy (non-hydrogen) atoms. The van der Waals surface area contributed by atoms with Gasteiger partial charge in [0.2, 0.25) is 11.6 Å². The molecule has 0 bridgehead atoms. The molecule has 0 saturated heterocycles. The Morgan fingerprint density at radius 2 is 2.00 bits per heavy atom. The van der Waals surface area contributed by atoms with Crippen LogP contribution in [0.25, 0.3) is 0 Å². The van der Waals surface area contributed by atoms with Crippen molar-refractivity contribution >= 4 is 27.6 Å². The van der Waals surface area contributed by atoms with Gasteiger partial charge in [-0.1, -0.05) is 30.3 Å². The minimum absolute atomic E-state index is 0.0112. The van der Waals surface area contributed by atoms with Crippen LogP contribution in [0, 0.1) is 15.9 Å². The molecular formula is C15H11BrFNO5. The number of ether oxygens (including phenoxy) is 2. The third-order valence-electron chi connectivity index (χ3n) is 2.96. The first-order valence-electron chi connectivity index (χ1n) is 6.37. The molecule has 0 unspecified atom stereocenters. The van der Waals surface area contributed by atoms with Crippen molar-refractivity contribution in [1.82, 2.24) is 0 Å². The summed E-state index contributed by atoms with van der Waals surface area (Å²) in [7, 11) is 1.06. The fourth-order valence-electron chi connectivity index (χ4n) is 1.88. The summed E-state index contributed by atoms with van der Waals surface area (Å²) in [6.07, 6.45) is 0. The van der Waals surface area contributed by atoms with Crippen LogP contribution in [0.2, 0.25) is 0 Å². The molecule has 0 saturated carbocycles. The average molecular weight is 384 g/mol. The monoisotopic (exact) mass is 383 g/mol. The second-order valence-electron chi connectivity index (χ2n) is 4.42. The molecule has 0 aliphatic rings. The van der Waals surface area contributed by atoms with Gasteiger partial charge in [0.25, 0.3) is 0 Å². The summed E-state index contributed by atoms with van der Waals surface area (Å²) in [6, 6.07) is 9.99. The van der Waals surface area contributed by atoms with Crippen LogP contribution in [0.15, 0.2) is 40.9 Å². The summed E-state index contributed by atoms with van der Waals surface area (Å²) in [5.74, 6) is -2.60. The summed E-state index contributed by atoms with van der Waals surface area (Å²) >= 11 is 3.07. The summed E-state index contributed by atoms with van der Waals surface area (Å²) in [4.78, 5) is 21.7. The lowest BCUT2D eigenvalue weighted by Gasteiger charge is -2.11. The van der Waals surface area contributed by atoms with E-state index in [2.05, 4.69) is 20.7 Å². The van der Waals surface area contributed by atoms with Crippen molar-refractivity contribution in [3.8, 4) is 5.75 Å². The van der Waals surface area contributed by atoms with Gasteiger partial charge in [-0.05, 0) is 27.6 Å². The van der Waals surface area contributed by atoms with Crippen molar-refractivity contribution < 1.29 is 23.6 Å². The minimum atomic E-state index is -1.30. The third-order valence-corrected chi connectivity index (χ3v) is 3.55. The Hall–Kier alpha value is -2.48. The quantitative estimate of drug-likeness (QED) is 0.444. The van der Waals surface area contributed by atoms with Gasteiger partial charge in [-0.2, -0.15) is 4.39 Å². The summed E-state index contributed by atoms with van der Waals surface area (Å²) in [6.45, 7) is 0.0112. The van der Waals surface area contributed by atoms with Crippen LogP contribution < -0.4 is 4.74 Å². The Kier molecular flexibility index (Phi) is 5.28. The number of halogens is 2. The molecule has 120 valence electrons. The summed E-state index contributed by atoms with van der Waals surface area (Å²) < 4.78 is 24.2. The van der Waals surface area contributed by atoms with Gasteiger partial charge in [-0.3, -0.25) is 10.1 Å². The van der Waals surface area contributed by atoms with Gasteiger partial charge in [0, 0.05) is 0 Å². The Morgan fingerprint density at radius 3 is 2.57 bits per heavy atom. The van der Waals surface area contributed by atoms with E-state index < -0.39 is 28.0 Å². The average Bonchev–Trinajstić information content (AvgIpc) is 2.54. The number of nitro groups is 1. The van der Waals surface area contributed by atoms with Gasteiger partial charge < -0.3 is 9.47 Å². The molecule has 2 rings (SSSR count). The molecule has 8 heteroatoms. The van der Waals surface area contributed by atoms with Crippen molar-refractivity contribution in [1.29, 1.82) is 0 Å². The second kappa shape index (κ2) is 7.19. The van der Waals surface area contributed by atoms with Gasteiger partial charge in [0.15, 0.2) is 0 Å². The van der Waals surface area contributed by atoms with E-state index >= 15 is 0 Å². The minimum Gasteiger partial charge on any atom is -0.481 e. The van der Waals surface area contributed by atoms with Gasteiger partial charge in [-0.25, -0.2) is 4.79 Å². The predicted octanol–water partition coefficient (Wildman–Crippen LogP) is 3.86. The number of hydrogen-bond acceptors (Lipinski definition) is 5. The third kappa shape index (κ3) is 3.65. The molecular weight excluding hydrogens is 373 g/mol. The molecule has 0 aliphatic carbocycles.